The Morgan fingerprint density at radius 2 is 1.76 bits per heavy atom. The van der Waals surface area contributed by atoms with E-state index in [-0.39, 0.29) is 5.91 Å². The van der Waals surface area contributed by atoms with Crippen molar-refractivity contribution >= 4 is 41.2 Å². The lowest BCUT2D eigenvalue weighted by Gasteiger charge is -2.11. The number of nitrogens with zero attached hydrogens (tertiary/aromatic N) is 4. The molecule has 2 heterocycles. The first kappa shape index (κ1) is 19.8. The van der Waals surface area contributed by atoms with E-state index in [1.807, 2.05) is 18.2 Å². The molecule has 0 aliphatic carbocycles. The number of pyridine rings is 1. The van der Waals surface area contributed by atoms with Gasteiger partial charge in [-0.3, -0.25) is 9.78 Å². The lowest BCUT2D eigenvalue weighted by atomic mass is 10.2. The molecule has 0 aliphatic rings. The molecule has 3 aromatic rings. The predicted octanol–water partition coefficient (Wildman–Crippen LogP) is 4.35. The fourth-order valence-corrected chi connectivity index (χ4v) is 2.61. The predicted molar refractivity (Wildman–Crippen MR) is 117 cm³/mol. The maximum Gasteiger partial charge on any atom is 0.253 e. The largest absolute Gasteiger partial charge is 0.345 e. The van der Waals surface area contributed by atoms with Crippen molar-refractivity contribution in [3.05, 3.63) is 78.8 Å². The number of amides is 1. The van der Waals surface area contributed by atoms with Crippen molar-refractivity contribution in [3.63, 3.8) is 0 Å². The van der Waals surface area contributed by atoms with Crippen LogP contribution in [0.25, 0.3) is 12.2 Å². The standard InChI is InChI=1S/C22H22N6O/c1-5-15-13-18(14-24-19(15)6-2)25-20-11-12-23-22(27-20)26-17-9-7-16(8-10-17)21(29)28(3)4/h5-14H,1-2H2,3-4H3,(H2,23,25,26,27). The van der Waals surface area contributed by atoms with Crippen LogP contribution in [0.2, 0.25) is 0 Å². The van der Waals surface area contributed by atoms with Gasteiger partial charge in [0.1, 0.15) is 5.82 Å². The molecule has 1 aromatic carbocycles. The zero-order valence-electron chi connectivity index (χ0n) is 16.4. The van der Waals surface area contributed by atoms with Crippen LogP contribution in [-0.4, -0.2) is 39.9 Å². The van der Waals surface area contributed by atoms with Crippen LogP contribution < -0.4 is 10.6 Å². The Morgan fingerprint density at radius 3 is 2.41 bits per heavy atom. The summed E-state index contributed by atoms with van der Waals surface area (Å²) in [5.74, 6) is 1.00. The minimum atomic E-state index is -0.0472. The van der Waals surface area contributed by atoms with E-state index < -0.39 is 0 Å². The van der Waals surface area contributed by atoms with Crippen molar-refractivity contribution in [2.45, 2.75) is 0 Å². The van der Waals surface area contributed by atoms with Gasteiger partial charge in [-0.25, -0.2) is 4.98 Å². The van der Waals surface area contributed by atoms with Crippen LogP contribution in [0.4, 0.5) is 23.1 Å². The zero-order chi connectivity index (χ0) is 20.8. The minimum Gasteiger partial charge on any atom is -0.345 e. The molecule has 7 nitrogen and oxygen atoms in total. The van der Waals surface area contributed by atoms with Gasteiger partial charge in [-0.1, -0.05) is 19.2 Å². The topological polar surface area (TPSA) is 83.0 Å². The number of hydrogen-bond donors (Lipinski definition) is 2. The summed E-state index contributed by atoms with van der Waals surface area (Å²) in [6.07, 6.45) is 6.78. The van der Waals surface area contributed by atoms with E-state index >= 15 is 0 Å². The number of rotatable bonds is 7. The second-order valence-electron chi connectivity index (χ2n) is 6.40. The van der Waals surface area contributed by atoms with E-state index in [1.54, 1.807) is 56.8 Å². The average molecular weight is 386 g/mol. The molecule has 0 saturated heterocycles. The highest BCUT2D eigenvalue weighted by Gasteiger charge is 2.08. The first-order chi connectivity index (χ1) is 14.0. The summed E-state index contributed by atoms with van der Waals surface area (Å²) in [4.78, 5) is 26.6. The van der Waals surface area contributed by atoms with Gasteiger partial charge in [0.25, 0.3) is 5.91 Å². The molecule has 7 heteroatoms. The SMILES string of the molecule is C=Cc1cc(Nc2ccnc(Nc3ccc(C(=O)N(C)C)cc3)n2)cnc1C=C. The van der Waals surface area contributed by atoms with E-state index in [9.17, 15) is 4.79 Å². The molecular weight excluding hydrogens is 364 g/mol. The molecule has 1 amide bonds. The third-order valence-electron chi connectivity index (χ3n) is 4.08. The van der Waals surface area contributed by atoms with E-state index in [1.165, 1.54) is 4.90 Å². The van der Waals surface area contributed by atoms with Crippen LogP contribution in [0.1, 0.15) is 21.6 Å². The van der Waals surface area contributed by atoms with Crippen molar-refractivity contribution in [1.29, 1.82) is 0 Å². The first-order valence-corrected chi connectivity index (χ1v) is 8.94. The van der Waals surface area contributed by atoms with Gasteiger partial charge in [0.15, 0.2) is 0 Å². The van der Waals surface area contributed by atoms with Crippen molar-refractivity contribution in [2.24, 2.45) is 0 Å². The molecule has 0 aliphatic heterocycles. The second kappa shape index (κ2) is 8.79. The third-order valence-corrected chi connectivity index (χ3v) is 4.08. The smallest absolute Gasteiger partial charge is 0.253 e. The number of hydrogen-bond acceptors (Lipinski definition) is 6. The Labute approximate surface area is 169 Å². The fourth-order valence-electron chi connectivity index (χ4n) is 2.61. The number of benzene rings is 1. The van der Waals surface area contributed by atoms with E-state index in [0.717, 1.165) is 22.6 Å². The van der Waals surface area contributed by atoms with Gasteiger partial charge in [0.2, 0.25) is 5.95 Å². The molecule has 0 atom stereocenters. The number of carbonyl (C=O) groups is 1. The summed E-state index contributed by atoms with van der Waals surface area (Å²) in [6.45, 7) is 7.55. The van der Waals surface area contributed by atoms with Crippen LogP contribution in [0.5, 0.6) is 0 Å². The first-order valence-electron chi connectivity index (χ1n) is 8.94. The average Bonchev–Trinajstić information content (AvgIpc) is 2.74. The molecule has 29 heavy (non-hydrogen) atoms. The van der Waals surface area contributed by atoms with E-state index in [2.05, 4.69) is 38.7 Å². The molecule has 0 bridgehead atoms. The van der Waals surface area contributed by atoms with Crippen molar-refractivity contribution in [2.75, 3.05) is 24.7 Å². The fraction of sp³-hybridized carbons (Fsp3) is 0.0909. The summed E-state index contributed by atoms with van der Waals surface area (Å²) in [5, 5.41) is 6.34. The van der Waals surface area contributed by atoms with Gasteiger partial charge in [-0.15, -0.1) is 0 Å². The molecule has 0 radical (unpaired) electrons. The Bertz CT molecular complexity index is 1040. The van der Waals surface area contributed by atoms with Crippen molar-refractivity contribution < 1.29 is 4.79 Å². The van der Waals surface area contributed by atoms with Gasteiger partial charge in [-0.05, 0) is 42.5 Å². The van der Waals surface area contributed by atoms with Gasteiger partial charge in [0, 0.05) is 37.1 Å². The van der Waals surface area contributed by atoms with Gasteiger partial charge in [-0.2, -0.15) is 4.98 Å². The molecule has 0 fully saturated rings. The minimum absolute atomic E-state index is 0.0472. The Hall–Kier alpha value is -4.00. The van der Waals surface area contributed by atoms with Gasteiger partial charge < -0.3 is 15.5 Å². The zero-order valence-corrected chi connectivity index (χ0v) is 16.4. The third kappa shape index (κ3) is 4.84. The summed E-state index contributed by atoms with van der Waals surface area (Å²) in [6, 6.07) is 10.8. The lowest BCUT2D eigenvalue weighted by molar-refractivity contribution is 0.0827. The summed E-state index contributed by atoms with van der Waals surface area (Å²) in [5.41, 5.74) is 3.83. The van der Waals surface area contributed by atoms with Crippen LogP contribution in [-0.2, 0) is 0 Å². The highest BCUT2D eigenvalue weighted by Crippen LogP contribution is 2.20. The molecule has 0 unspecified atom stereocenters. The van der Waals surface area contributed by atoms with Crippen LogP contribution in [0.3, 0.4) is 0 Å². The highest BCUT2D eigenvalue weighted by atomic mass is 16.2. The normalized spacial score (nSPS) is 10.1. The molecular formula is C22H22N6O. The lowest BCUT2D eigenvalue weighted by Crippen LogP contribution is -2.21. The number of nitrogens with one attached hydrogen (secondary N) is 2. The Kier molecular flexibility index (Phi) is 5.99. The van der Waals surface area contributed by atoms with Gasteiger partial charge >= 0.3 is 0 Å². The molecule has 0 saturated carbocycles. The van der Waals surface area contributed by atoms with Gasteiger partial charge in [0.05, 0.1) is 17.6 Å². The maximum atomic E-state index is 12.0. The number of carbonyl (C=O) groups excluding carboxylic acids is 1. The van der Waals surface area contributed by atoms with Crippen molar-refractivity contribution in [3.8, 4) is 0 Å². The second-order valence-corrected chi connectivity index (χ2v) is 6.40. The Balaban J connectivity index is 1.74. The molecule has 2 aromatic heterocycles. The van der Waals surface area contributed by atoms with E-state index in [0.29, 0.717) is 17.3 Å². The molecule has 146 valence electrons. The van der Waals surface area contributed by atoms with Crippen LogP contribution >= 0.6 is 0 Å². The monoisotopic (exact) mass is 386 g/mol. The number of anilines is 4. The Morgan fingerprint density at radius 1 is 1.00 bits per heavy atom. The highest BCUT2D eigenvalue weighted by molar-refractivity contribution is 5.94. The quantitative estimate of drug-likeness (QED) is 0.628. The summed E-state index contributed by atoms with van der Waals surface area (Å²) in [7, 11) is 3.44. The van der Waals surface area contributed by atoms with Crippen molar-refractivity contribution in [1.82, 2.24) is 19.9 Å². The number of aromatic nitrogens is 3. The van der Waals surface area contributed by atoms with E-state index in [4.69, 9.17) is 0 Å². The summed E-state index contributed by atoms with van der Waals surface area (Å²) >= 11 is 0. The van der Waals surface area contributed by atoms with Crippen LogP contribution in [0, 0.1) is 0 Å². The molecule has 2 N–H and O–H groups in total. The summed E-state index contributed by atoms with van der Waals surface area (Å²) < 4.78 is 0. The van der Waals surface area contributed by atoms with Crippen LogP contribution in [0.15, 0.2) is 61.9 Å². The molecule has 0 spiro atoms. The molecule has 3 rings (SSSR count). The maximum absolute atomic E-state index is 12.0.